The molecular weight excluding hydrogens is 1560 g/mol. The Morgan fingerprint density at radius 2 is 0.746 bits per heavy atom. The van der Waals surface area contributed by atoms with Crippen LogP contribution in [0.4, 0.5) is 30.2 Å². The molecule has 3 aromatic carbocycles. The van der Waals surface area contributed by atoms with Gasteiger partial charge in [-0.2, -0.15) is 0 Å². The zero-order valence-corrected chi connectivity index (χ0v) is 69.9. The molecule has 3 N–H and O–H groups in total. The van der Waals surface area contributed by atoms with E-state index < -0.39 is 12.2 Å². The van der Waals surface area contributed by atoms with Gasteiger partial charge in [0.15, 0.2) is 16.9 Å². The lowest BCUT2D eigenvalue weighted by atomic mass is 10.1. The van der Waals surface area contributed by atoms with Crippen LogP contribution in [0.5, 0.6) is 17.6 Å². The van der Waals surface area contributed by atoms with Crippen LogP contribution in [0.1, 0.15) is 128 Å². The number of ether oxygens (including phenoxy) is 4. The molecule has 12 heterocycles. The Hall–Kier alpha value is -13.0. The van der Waals surface area contributed by atoms with Crippen molar-refractivity contribution in [2.45, 2.75) is 86.5 Å². The van der Waals surface area contributed by atoms with Crippen LogP contribution in [-0.2, 0) is 24.4 Å². The molecule has 4 aliphatic rings. The first-order valence-corrected chi connectivity index (χ1v) is 40.3. The number of rotatable bonds is 19. The molecule has 9 aromatic heterocycles. The number of aryl methyl sites for hydroxylation is 6. The van der Waals surface area contributed by atoms with Crippen molar-refractivity contribution >= 4 is 51.7 Å². The number of amides is 3. The van der Waals surface area contributed by atoms with Crippen molar-refractivity contribution in [2.24, 2.45) is 0 Å². The van der Waals surface area contributed by atoms with Gasteiger partial charge in [0.25, 0.3) is 17.7 Å². The molecule has 0 radical (unpaired) electrons. The first-order chi connectivity index (χ1) is 58.8. The van der Waals surface area contributed by atoms with Crippen LogP contribution in [-0.4, -0.2) is 238 Å². The van der Waals surface area contributed by atoms with Gasteiger partial charge in [-0.25, -0.2) is 28.5 Å². The number of nitrogens with zero attached hydrogens (tertiary/aromatic N) is 18. The largest absolute Gasteiger partial charge is 0.574 e. The number of likely N-dealkylation sites (N-methyl/N-ethyl adjacent to an activating group) is 3. The van der Waals surface area contributed by atoms with Gasteiger partial charge in [-0.3, -0.25) is 44.0 Å². The van der Waals surface area contributed by atoms with Crippen molar-refractivity contribution in [1.82, 2.24) is 88.1 Å². The molecule has 122 heavy (non-hydrogen) atoms. The van der Waals surface area contributed by atoms with E-state index in [1.807, 2.05) is 81.4 Å². The number of alkyl halides is 3. The lowest BCUT2D eigenvalue weighted by Crippen LogP contribution is -2.43. The molecule has 1 saturated carbocycles. The molecule has 28 nitrogen and oxygen atoms in total. The second-order valence-corrected chi connectivity index (χ2v) is 30.8. The van der Waals surface area contributed by atoms with Crippen molar-refractivity contribution < 1.29 is 46.5 Å². The maximum Gasteiger partial charge on any atom is 0.574 e. The van der Waals surface area contributed by atoms with Crippen LogP contribution in [0.15, 0.2) is 146 Å². The van der Waals surface area contributed by atoms with Crippen LogP contribution < -0.4 is 30.2 Å². The van der Waals surface area contributed by atoms with Crippen molar-refractivity contribution in [3.63, 3.8) is 0 Å². The standard InChI is InChI=1S/C31H35N7O3.C31H33N7O2.C29H28F3N7O2/c1-22-17-27(7-5-25(22)21-37-13-11-36(3)12-14-37)34-31(39)26-18-24(23(2)32-19-26)6-8-28-20-33-29-9-10-30(35-38(28)29)41-16-15-40-4;1-21-16-26(6-4-24(21)20-37-14-12-36(3)13-15-37)34-31(39)25-17-23(22(2)32-18-25)5-7-27-19-33-29-10-11-30(35-38(27)29)40-28-8-9-28;1-19-14-24(6-4-22(19)18-38-12-10-37(3)11-13-38)35-28(40)23-15-21(20(2)33-16-23)5-7-25-17-34-26-8-9-27(36-39(25)26)41-29(30,31)32/h5,7,9-10,17-20H,11-16,21H2,1-4H3,(H,34,39);4,6,10-11,16-19,28H,8-9,12-15,20H2,1-3H3,(H,34,39);4,6,8-9,14-17H,10-13,18H2,1-3H3,(H,35,40). The summed E-state index contributed by atoms with van der Waals surface area (Å²) in [6.07, 6.45) is 6.88. The van der Waals surface area contributed by atoms with Gasteiger partial charge in [0.05, 0.1) is 59.0 Å². The van der Waals surface area contributed by atoms with E-state index in [9.17, 15) is 27.6 Å². The number of anilines is 3. The van der Waals surface area contributed by atoms with Gasteiger partial charge in [-0.1, -0.05) is 36.0 Å². The summed E-state index contributed by atoms with van der Waals surface area (Å²) < 4.78 is 62.6. The Balaban J connectivity index is 0.000000149. The number of hydrogen-bond acceptors (Lipinski definition) is 22. The van der Waals surface area contributed by atoms with Crippen LogP contribution in [0.2, 0.25) is 0 Å². The number of piperazine rings is 3. The number of benzene rings is 3. The van der Waals surface area contributed by atoms with E-state index in [1.165, 1.54) is 35.2 Å². The van der Waals surface area contributed by atoms with Crippen molar-refractivity contribution in [3.8, 4) is 53.2 Å². The summed E-state index contributed by atoms with van der Waals surface area (Å²) in [5.74, 6) is 17.9. The molecule has 0 bridgehead atoms. The summed E-state index contributed by atoms with van der Waals surface area (Å²) in [5.41, 5.74) is 17.6. The number of halogens is 3. The van der Waals surface area contributed by atoms with E-state index in [1.54, 1.807) is 72.1 Å². The van der Waals surface area contributed by atoms with Crippen molar-refractivity contribution in [1.29, 1.82) is 0 Å². The average Bonchev–Trinajstić information content (AvgIpc) is 1.52. The first-order valence-electron chi connectivity index (χ1n) is 40.3. The molecule has 3 amide bonds. The number of aromatic nitrogens is 12. The lowest BCUT2D eigenvalue weighted by Gasteiger charge is -2.32. The monoisotopic (exact) mass is 1650 g/mol. The normalized spacial score (nSPS) is 14.8. The number of carbonyl (C=O) groups excluding carboxylic acids is 3. The molecule has 31 heteroatoms. The number of pyridine rings is 3. The van der Waals surface area contributed by atoms with E-state index >= 15 is 0 Å². The van der Waals surface area contributed by atoms with Crippen LogP contribution in [0.3, 0.4) is 0 Å². The number of imidazole rings is 3. The first kappa shape index (κ1) is 85.4. The summed E-state index contributed by atoms with van der Waals surface area (Å²) >= 11 is 0. The fraction of sp³-hybridized carbons (Fsp3) is 0.341. The molecule has 1 aliphatic carbocycles. The summed E-state index contributed by atoms with van der Waals surface area (Å²) in [7, 11) is 8.08. The zero-order chi connectivity index (χ0) is 85.6. The van der Waals surface area contributed by atoms with Crippen LogP contribution in [0.25, 0.3) is 16.9 Å². The van der Waals surface area contributed by atoms with Gasteiger partial charge < -0.3 is 49.6 Å². The maximum atomic E-state index is 13.1. The number of carbonyl (C=O) groups is 3. The van der Waals surface area contributed by atoms with E-state index in [0.29, 0.717) is 98.1 Å². The molecule has 16 rings (SSSR count). The number of methoxy groups -OCH3 is 1. The molecule has 4 fully saturated rings. The lowest BCUT2D eigenvalue weighted by molar-refractivity contribution is -0.276. The summed E-state index contributed by atoms with van der Waals surface area (Å²) in [4.78, 5) is 79.7. The van der Waals surface area contributed by atoms with E-state index in [2.05, 4.69) is 178 Å². The summed E-state index contributed by atoms with van der Waals surface area (Å²) in [6.45, 7) is 28.1. The average molecular weight is 1650 g/mol. The van der Waals surface area contributed by atoms with E-state index in [4.69, 9.17) is 14.2 Å². The van der Waals surface area contributed by atoms with Crippen LogP contribution in [0, 0.1) is 77.1 Å². The molecule has 0 unspecified atom stereocenters. The van der Waals surface area contributed by atoms with Gasteiger partial charge in [0.2, 0.25) is 17.6 Å². The second-order valence-electron chi connectivity index (χ2n) is 30.8. The molecule has 628 valence electrons. The fourth-order valence-corrected chi connectivity index (χ4v) is 13.7. The van der Waals surface area contributed by atoms with Gasteiger partial charge in [0.1, 0.15) is 29.8 Å². The van der Waals surface area contributed by atoms with Gasteiger partial charge in [-0.15, -0.1) is 28.5 Å². The highest BCUT2D eigenvalue weighted by molar-refractivity contribution is 6.06. The van der Waals surface area contributed by atoms with Gasteiger partial charge in [0, 0.05) is 176 Å². The third kappa shape index (κ3) is 22.9. The molecule has 12 aromatic rings. The summed E-state index contributed by atoms with van der Waals surface area (Å²) in [5, 5.41) is 21.8. The Kier molecular flexibility index (Phi) is 27.3. The minimum Gasteiger partial charge on any atom is -0.474 e. The van der Waals surface area contributed by atoms with Crippen LogP contribution >= 0.6 is 0 Å². The molecule has 0 atom stereocenters. The third-order valence-corrected chi connectivity index (χ3v) is 21.4. The fourth-order valence-electron chi connectivity index (χ4n) is 13.7. The topological polar surface area (TPSA) is 273 Å². The maximum absolute atomic E-state index is 13.1. The van der Waals surface area contributed by atoms with E-state index in [-0.39, 0.29) is 29.5 Å². The predicted molar refractivity (Wildman–Crippen MR) is 457 cm³/mol. The number of fused-ring (bicyclic) bond motifs is 3. The molecule has 3 aliphatic heterocycles. The van der Waals surface area contributed by atoms with Crippen molar-refractivity contribution in [3.05, 3.63) is 247 Å². The van der Waals surface area contributed by atoms with Gasteiger partial charge in [-0.05, 0) is 199 Å². The molecular formula is C91H96F3N21O7. The number of nitrogens with one attached hydrogen (secondary N) is 3. The predicted octanol–water partition coefficient (Wildman–Crippen LogP) is 10.9. The highest BCUT2D eigenvalue weighted by Crippen LogP contribution is 2.28. The Bertz CT molecular complexity index is 6020. The SMILES string of the molecule is COCCOc1ccc2ncc(C#Cc3cc(C(=O)Nc4ccc(CN5CCN(C)CC5)c(C)c4)cnc3C)n2n1.Cc1cc(NC(=O)c2cnc(C)c(C#Cc3cnc4ccc(OC(F)(F)F)nn34)c2)ccc1CN1CCN(C)CC1.Cc1cc(NC(=O)c2cnc(C)c(C#Cc3cnc4ccc(OC5CC5)nn34)c2)ccc1CN1CCN(C)CC1. The Morgan fingerprint density at radius 1 is 0.410 bits per heavy atom. The van der Waals surface area contributed by atoms with Gasteiger partial charge >= 0.3 is 6.36 Å². The molecule has 3 saturated heterocycles. The minimum absolute atomic E-state index is 0.222. The van der Waals surface area contributed by atoms with Crippen molar-refractivity contribution in [2.75, 3.05) is 136 Å². The second kappa shape index (κ2) is 39.0. The zero-order valence-electron chi connectivity index (χ0n) is 69.9. The summed E-state index contributed by atoms with van der Waals surface area (Å²) in [6, 6.07) is 32.9. The smallest absolute Gasteiger partial charge is 0.474 e. The number of hydrogen-bond donors (Lipinski definition) is 3. The Morgan fingerprint density at radius 3 is 1.08 bits per heavy atom. The highest BCUT2D eigenvalue weighted by Gasteiger charge is 2.32. The molecule has 0 spiro atoms. The quantitative estimate of drug-likeness (QED) is 0.0501. The Labute approximate surface area is 705 Å². The minimum atomic E-state index is -4.87. The third-order valence-electron chi connectivity index (χ3n) is 21.4. The van der Waals surface area contributed by atoms with E-state index in [0.717, 1.165) is 161 Å². The highest BCUT2D eigenvalue weighted by atomic mass is 19.4.